The minimum atomic E-state index is -0.295. The zero-order valence-corrected chi connectivity index (χ0v) is 23.0. The van der Waals surface area contributed by atoms with Gasteiger partial charge >= 0.3 is 0 Å². The van der Waals surface area contributed by atoms with Gasteiger partial charge in [-0.05, 0) is 42.5 Å². The summed E-state index contributed by atoms with van der Waals surface area (Å²) in [6.07, 6.45) is 0. The number of nitrogens with one attached hydrogen (secondary N) is 4. The molecule has 11 nitrogen and oxygen atoms in total. The minimum absolute atomic E-state index is 0.0894. The highest BCUT2D eigenvalue weighted by molar-refractivity contribution is 8.00. The summed E-state index contributed by atoms with van der Waals surface area (Å²) in [6, 6.07) is 17.8. The predicted molar refractivity (Wildman–Crippen MR) is 155 cm³/mol. The highest BCUT2D eigenvalue weighted by atomic mass is 32.2. The Hall–Kier alpha value is -4.67. The van der Waals surface area contributed by atoms with Crippen LogP contribution in [0.4, 0.5) is 11.4 Å². The fraction of sp³-hybridized carbons (Fsp3) is 0.148. The molecule has 0 unspecified atom stereocenters. The standard InChI is InChI=1S/C27H23N7O4S2/c1-37-17-4-7-20-22(10-17)33-26(31-20)39-13-24(35)29-16-3-6-19(15(9-16)12-28)30-25(36)14-40-27-32-21-8-5-18(38-2)11-23(21)34-27/h3-11H,13-14H2,1-2H3,(H,29,35)(H,30,36)(H,31,33)(H,32,34). The van der Waals surface area contributed by atoms with Crippen LogP contribution in [0.5, 0.6) is 11.5 Å². The molecule has 0 saturated heterocycles. The smallest absolute Gasteiger partial charge is 0.234 e. The van der Waals surface area contributed by atoms with Gasteiger partial charge in [-0.15, -0.1) is 0 Å². The molecule has 2 aromatic heterocycles. The molecular weight excluding hydrogens is 550 g/mol. The topological polar surface area (TPSA) is 158 Å². The van der Waals surface area contributed by atoms with Crippen molar-refractivity contribution < 1.29 is 19.1 Å². The summed E-state index contributed by atoms with van der Waals surface area (Å²) in [6.45, 7) is 0. The molecule has 5 rings (SSSR count). The van der Waals surface area contributed by atoms with Gasteiger partial charge in [-0.2, -0.15) is 5.26 Å². The number of imidazole rings is 2. The van der Waals surface area contributed by atoms with Crippen molar-refractivity contribution in [2.24, 2.45) is 0 Å². The lowest BCUT2D eigenvalue weighted by Gasteiger charge is -2.09. The number of methoxy groups -OCH3 is 2. The van der Waals surface area contributed by atoms with Gasteiger partial charge in [0.1, 0.15) is 17.6 Å². The van der Waals surface area contributed by atoms with Gasteiger partial charge in [0.25, 0.3) is 0 Å². The van der Waals surface area contributed by atoms with E-state index in [9.17, 15) is 14.9 Å². The molecule has 13 heteroatoms. The van der Waals surface area contributed by atoms with Crippen molar-refractivity contribution in [2.45, 2.75) is 10.3 Å². The number of anilines is 2. The molecule has 2 amide bonds. The van der Waals surface area contributed by atoms with Crippen molar-refractivity contribution in [1.29, 1.82) is 5.26 Å². The maximum absolute atomic E-state index is 12.6. The quantitative estimate of drug-likeness (QED) is 0.172. The normalized spacial score (nSPS) is 10.8. The van der Waals surface area contributed by atoms with Crippen LogP contribution in [-0.2, 0) is 9.59 Å². The van der Waals surface area contributed by atoms with E-state index in [1.54, 1.807) is 26.4 Å². The first kappa shape index (κ1) is 26.9. The molecule has 40 heavy (non-hydrogen) atoms. The highest BCUT2D eigenvalue weighted by Crippen LogP contribution is 2.26. The van der Waals surface area contributed by atoms with Crippen LogP contribution in [0.3, 0.4) is 0 Å². The number of hydrogen-bond acceptors (Lipinski definition) is 9. The van der Waals surface area contributed by atoms with Crippen LogP contribution in [0.25, 0.3) is 22.1 Å². The maximum atomic E-state index is 12.6. The largest absolute Gasteiger partial charge is 0.497 e. The van der Waals surface area contributed by atoms with Crippen LogP contribution in [0.1, 0.15) is 5.56 Å². The lowest BCUT2D eigenvalue weighted by molar-refractivity contribution is -0.114. The van der Waals surface area contributed by atoms with Crippen molar-refractivity contribution in [1.82, 2.24) is 19.9 Å². The Labute approximate surface area is 237 Å². The van der Waals surface area contributed by atoms with E-state index < -0.39 is 0 Å². The van der Waals surface area contributed by atoms with Crippen LogP contribution in [0.15, 0.2) is 64.9 Å². The minimum Gasteiger partial charge on any atom is -0.497 e. The number of aromatic amines is 2. The molecular formula is C27H23N7O4S2. The summed E-state index contributed by atoms with van der Waals surface area (Å²) in [5.41, 5.74) is 4.19. The molecule has 4 N–H and O–H groups in total. The Morgan fingerprint density at radius 3 is 1.90 bits per heavy atom. The average Bonchev–Trinajstić information content (AvgIpc) is 3.58. The van der Waals surface area contributed by atoms with Crippen LogP contribution >= 0.6 is 23.5 Å². The van der Waals surface area contributed by atoms with Gasteiger partial charge in [0.05, 0.1) is 59.0 Å². The summed E-state index contributed by atoms with van der Waals surface area (Å²) in [7, 11) is 3.19. The number of ether oxygens (including phenoxy) is 2. The van der Waals surface area contributed by atoms with Gasteiger partial charge < -0.3 is 30.1 Å². The molecule has 2 heterocycles. The molecule has 0 spiro atoms. The van der Waals surface area contributed by atoms with E-state index >= 15 is 0 Å². The Kier molecular flexibility index (Phi) is 8.09. The summed E-state index contributed by atoms with van der Waals surface area (Å²) in [5.74, 6) is 1.07. The van der Waals surface area contributed by atoms with Crippen LogP contribution in [0, 0.1) is 11.3 Å². The first-order valence-electron chi connectivity index (χ1n) is 11.9. The van der Waals surface area contributed by atoms with E-state index in [0.29, 0.717) is 33.2 Å². The van der Waals surface area contributed by atoms with Crippen molar-refractivity contribution in [3.8, 4) is 17.6 Å². The van der Waals surface area contributed by atoms with E-state index in [1.165, 1.54) is 29.6 Å². The zero-order valence-electron chi connectivity index (χ0n) is 21.4. The van der Waals surface area contributed by atoms with Gasteiger partial charge in [-0.25, -0.2) is 9.97 Å². The number of amides is 2. The predicted octanol–water partition coefficient (Wildman–Crippen LogP) is 4.79. The third-order valence-corrected chi connectivity index (χ3v) is 7.46. The molecule has 0 fully saturated rings. The van der Waals surface area contributed by atoms with E-state index in [-0.39, 0.29) is 28.9 Å². The molecule has 0 radical (unpaired) electrons. The molecule has 0 atom stereocenters. The van der Waals surface area contributed by atoms with E-state index in [2.05, 4.69) is 36.6 Å². The Morgan fingerprint density at radius 2 is 1.38 bits per heavy atom. The van der Waals surface area contributed by atoms with Crippen molar-refractivity contribution in [2.75, 3.05) is 36.4 Å². The number of nitriles is 1. The summed E-state index contributed by atoms with van der Waals surface area (Å²) in [4.78, 5) is 40.3. The number of benzene rings is 3. The van der Waals surface area contributed by atoms with Gasteiger partial charge in [0.15, 0.2) is 10.3 Å². The molecule has 0 aliphatic heterocycles. The number of rotatable bonds is 10. The monoisotopic (exact) mass is 573 g/mol. The van der Waals surface area contributed by atoms with Crippen LogP contribution in [0.2, 0.25) is 0 Å². The van der Waals surface area contributed by atoms with Gasteiger partial charge in [-0.1, -0.05) is 23.5 Å². The van der Waals surface area contributed by atoms with Gasteiger partial charge in [0, 0.05) is 17.8 Å². The lowest BCUT2D eigenvalue weighted by atomic mass is 10.1. The number of fused-ring (bicyclic) bond motifs is 2. The molecule has 0 aliphatic carbocycles. The molecule has 0 aliphatic rings. The zero-order chi connectivity index (χ0) is 28.1. The van der Waals surface area contributed by atoms with Crippen LogP contribution < -0.4 is 20.1 Å². The SMILES string of the molecule is COc1ccc2nc(SCC(=O)Nc3ccc(NC(=O)CSc4nc5ccc(OC)cc5[nH]4)c(C#N)c3)[nH]c2c1. The van der Waals surface area contributed by atoms with E-state index in [1.807, 2.05) is 36.4 Å². The summed E-state index contributed by atoms with van der Waals surface area (Å²) in [5, 5.41) is 16.3. The maximum Gasteiger partial charge on any atom is 0.234 e. The third-order valence-electron chi connectivity index (χ3n) is 5.71. The summed E-state index contributed by atoms with van der Waals surface area (Å²) < 4.78 is 10.4. The second-order valence-corrected chi connectivity index (χ2v) is 10.3. The Morgan fingerprint density at radius 1 is 0.825 bits per heavy atom. The average molecular weight is 574 g/mol. The number of nitrogens with zero attached hydrogens (tertiary/aromatic N) is 3. The molecule has 3 aromatic carbocycles. The molecule has 202 valence electrons. The lowest BCUT2D eigenvalue weighted by Crippen LogP contribution is -2.16. The van der Waals surface area contributed by atoms with Crippen molar-refractivity contribution in [3.05, 3.63) is 60.2 Å². The van der Waals surface area contributed by atoms with E-state index in [4.69, 9.17) is 9.47 Å². The first-order chi connectivity index (χ1) is 19.4. The van der Waals surface area contributed by atoms with Crippen molar-refractivity contribution >= 4 is 68.8 Å². The van der Waals surface area contributed by atoms with E-state index in [0.717, 1.165) is 22.1 Å². The van der Waals surface area contributed by atoms with Gasteiger partial charge in [0.2, 0.25) is 11.8 Å². The van der Waals surface area contributed by atoms with Crippen LogP contribution in [-0.4, -0.2) is 57.5 Å². The Balaban J connectivity index is 1.14. The number of carbonyl (C=O) groups is 2. The second kappa shape index (κ2) is 12.0. The molecule has 0 saturated carbocycles. The Bertz CT molecular complexity index is 1760. The number of H-pyrrole nitrogens is 2. The molecule has 0 bridgehead atoms. The van der Waals surface area contributed by atoms with Gasteiger partial charge in [-0.3, -0.25) is 9.59 Å². The molecule has 5 aromatic rings. The highest BCUT2D eigenvalue weighted by Gasteiger charge is 2.13. The third kappa shape index (κ3) is 6.31. The number of thioether (sulfide) groups is 2. The fourth-order valence-corrected chi connectivity index (χ4v) is 5.17. The fourth-order valence-electron chi connectivity index (χ4n) is 3.80. The van der Waals surface area contributed by atoms with Crippen molar-refractivity contribution in [3.63, 3.8) is 0 Å². The second-order valence-electron chi connectivity index (χ2n) is 8.40. The number of aromatic nitrogens is 4. The first-order valence-corrected chi connectivity index (χ1v) is 13.9. The number of carbonyl (C=O) groups excluding carboxylic acids is 2. The summed E-state index contributed by atoms with van der Waals surface area (Å²) >= 11 is 2.50. The number of hydrogen-bond donors (Lipinski definition) is 4.